The van der Waals surface area contributed by atoms with E-state index >= 15 is 0 Å². The molecule has 0 radical (unpaired) electrons. The molecule has 1 saturated heterocycles. The fraction of sp³-hybridized carbons (Fsp3) is 0.500. The summed E-state index contributed by atoms with van der Waals surface area (Å²) in [5.41, 5.74) is 0.872. The maximum absolute atomic E-state index is 9.95. The number of aliphatic hydroxyl groups is 3. The summed E-state index contributed by atoms with van der Waals surface area (Å²) in [4.78, 5) is 11.9. The molecule has 2 aromatic heterocycles. The second-order valence-electron chi connectivity index (χ2n) is 4.23. The van der Waals surface area contributed by atoms with Crippen molar-refractivity contribution < 1.29 is 20.1 Å². The van der Waals surface area contributed by atoms with Gasteiger partial charge in [0.1, 0.15) is 23.8 Å². The Labute approximate surface area is 112 Å². The van der Waals surface area contributed by atoms with E-state index in [1.54, 1.807) is 0 Å². The van der Waals surface area contributed by atoms with Crippen molar-refractivity contribution in [2.45, 2.75) is 24.5 Å². The van der Waals surface area contributed by atoms with Crippen molar-refractivity contribution >= 4 is 22.8 Å². The predicted octanol–water partition coefficient (Wildman–Crippen LogP) is -0.909. The molecule has 4 atom stereocenters. The van der Waals surface area contributed by atoms with Crippen molar-refractivity contribution in [2.75, 3.05) is 6.61 Å². The van der Waals surface area contributed by atoms with Crippen LogP contribution >= 0.6 is 11.6 Å². The molecule has 0 bridgehead atoms. The van der Waals surface area contributed by atoms with Gasteiger partial charge in [-0.05, 0) is 11.6 Å². The Morgan fingerprint density at radius 2 is 2.11 bits per heavy atom. The molecule has 19 heavy (non-hydrogen) atoms. The molecule has 0 spiro atoms. The molecular weight excluding hydrogens is 276 g/mol. The third-order valence-corrected chi connectivity index (χ3v) is 3.26. The van der Waals surface area contributed by atoms with E-state index in [1.807, 2.05) is 0 Å². The molecule has 9 heteroatoms. The van der Waals surface area contributed by atoms with Crippen molar-refractivity contribution in [3.05, 3.63) is 17.8 Å². The van der Waals surface area contributed by atoms with E-state index in [9.17, 15) is 10.2 Å². The third-order valence-electron chi connectivity index (χ3n) is 3.08. The number of imidazole rings is 1. The average molecular weight is 287 g/mol. The lowest BCUT2D eigenvalue weighted by Crippen LogP contribution is -2.33. The first-order valence-electron chi connectivity index (χ1n) is 5.59. The minimum Gasteiger partial charge on any atom is -0.394 e. The molecule has 1 aliphatic rings. The molecule has 8 nitrogen and oxygen atoms in total. The van der Waals surface area contributed by atoms with Crippen LogP contribution in [0.15, 0.2) is 12.5 Å². The molecular formula is C10H11ClN4O4. The van der Waals surface area contributed by atoms with Gasteiger partial charge in [-0.1, -0.05) is 0 Å². The van der Waals surface area contributed by atoms with Gasteiger partial charge in [0.05, 0.1) is 19.1 Å². The lowest BCUT2D eigenvalue weighted by molar-refractivity contribution is -0.0511. The minimum absolute atomic E-state index is 0.0426. The number of aliphatic hydroxyl groups excluding tert-OH is 3. The molecule has 0 saturated carbocycles. The summed E-state index contributed by atoms with van der Waals surface area (Å²) in [5, 5.41) is 28.8. The summed E-state index contributed by atoms with van der Waals surface area (Å²) >= 11 is 5.72. The van der Waals surface area contributed by atoms with Crippen LogP contribution in [-0.4, -0.2) is 59.8 Å². The van der Waals surface area contributed by atoms with Crippen LogP contribution in [0.5, 0.6) is 0 Å². The highest BCUT2D eigenvalue weighted by molar-refractivity contribution is 6.28. The van der Waals surface area contributed by atoms with Crippen LogP contribution < -0.4 is 0 Å². The zero-order chi connectivity index (χ0) is 13.6. The lowest BCUT2D eigenvalue weighted by Gasteiger charge is -2.16. The van der Waals surface area contributed by atoms with Gasteiger partial charge in [-0.2, -0.15) is 4.98 Å². The summed E-state index contributed by atoms with van der Waals surface area (Å²) in [5.74, 6) is 0. The highest BCUT2D eigenvalue weighted by Gasteiger charge is 2.43. The molecule has 0 aliphatic carbocycles. The van der Waals surface area contributed by atoms with Crippen molar-refractivity contribution in [3.8, 4) is 0 Å². The van der Waals surface area contributed by atoms with Gasteiger partial charge in [0.2, 0.25) is 5.28 Å². The van der Waals surface area contributed by atoms with E-state index in [1.165, 1.54) is 17.1 Å². The molecule has 2 aromatic rings. The van der Waals surface area contributed by atoms with Crippen LogP contribution in [0.25, 0.3) is 11.2 Å². The van der Waals surface area contributed by atoms with Crippen molar-refractivity contribution in [1.82, 2.24) is 19.5 Å². The number of rotatable bonds is 2. The molecule has 0 unspecified atom stereocenters. The van der Waals surface area contributed by atoms with E-state index < -0.39 is 31.1 Å². The van der Waals surface area contributed by atoms with Gasteiger partial charge >= 0.3 is 0 Å². The fourth-order valence-electron chi connectivity index (χ4n) is 2.10. The summed E-state index contributed by atoms with van der Waals surface area (Å²) < 4.78 is 6.85. The van der Waals surface area contributed by atoms with Crippen LogP contribution in [-0.2, 0) is 4.74 Å². The van der Waals surface area contributed by atoms with Crippen LogP contribution in [0, 0.1) is 0 Å². The van der Waals surface area contributed by atoms with Crippen molar-refractivity contribution in [2.24, 2.45) is 0 Å². The molecule has 102 valence electrons. The first-order valence-corrected chi connectivity index (χ1v) is 5.97. The Bertz CT molecular complexity index is 606. The maximum atomic E-state index is 9.95. The molecule has 0 aromatic carbocycles. The van der Waals surface area contributed by atoms with E-state index in [0.717, 1.165) is 0 Å². The number of ether oxygens (including phenoxy) is 1. The topological polar surface area (TPSA) is 114 Å². The normalized spacial score (nSPS) is 31.2. The largest absolute Gasteiger partial charge is 0.394 e. The minimum atomic E-state index is -1.19. The Morgan fingerprint density at radius 3 is 2.79 bits per heavy atom. The Morgan fingerprint density at radius 1 is 1.32 bits per heavy atom. The monoisotopic (exact) mass is 286 g/mol. The molecule has 1 fully saturated rings. The zero-order valence-electron chi connectivity index (χ0n) is 9.59. The van der Waals surface area contributed by atoms with E-state index in [4.69, 9.17) is 21.4 Å². The second kappa shape index (κ2) is 4.66. The molecule has 0 amide bonds. The zero-order valence-corrected chi connectivity index (χ0v) is 10.3. The number of nitrogens with zero attached hydrogens (tertiary/aromatic N) is 4. The predicted molar refractivity (Wildman–Crippen MR) is 63.3 cm³/mol. The fourth-order valence-corrected chi connectivity index (χ4v) is 2.23. The quantitative estimate of drug-likeness (QED) is 0.613. The first kappa shape index (κ1) is 12.7. The molecule has 3 N–H and O–H groups in total. The van der Waals surface area contributed by atoms with Gasteiger partial charge in [-0.3, -0.25) is 4.57 Å². The van der Waals surface area contributed by atoms with E-state index in [2.05, 4.69) is 15.0 Å². The highest BCUT2D eigenvalue weighted by Crippen LogP contribution is 2.31. The van der Waals surface area contributed by atoms with Gasteiger partial charge in [0.15, 0.2) is 11.9 Å². The Balaban J connectivity index is 2.03. The average Bonchev–Trinajstić information content (AvgIpc) is 2.92. The number of halogens is 1. The third kappa shape index (κ3) is 1.97. The van der Waals surface area contributed by atoms with Gasteiger partial charge in [0, 0.05) is 0 Å². The summed E-state index contributed by atoms with van der Waals surface area (Å²) in [6, 6.07) is 0. The summed E-state index contributed by atoms with van der Waals surface area (Å²) in [6.07, 6.45) is -1.25. The van der Waals surface area contributed by atoms with Gasteiger partial charge in [-0.25, -0.2) is 9.97 Å². The summed E-state index contributed by atoms with van der Waals surface area (Å²) in [6.45, 7) is -0.392. The number of fused-ring (bicyclic) bond motifs is 1. The van der Waals surface area contributed by atoms with Gasteiger partial charge in [0.25, 0.3) is 0 Å². The van der Waals surface area contributed by atoms with Gasteiger partial charge < -0.3 is 20.1 Å². The Hall–Kier alpha value is -1.32. The molecule has 1 aliphatic heterocycles. The smallest absolute Gasteiger partial charge is 0.224 e. The summed E-state index contributed by atoms with van der Waals surface area (Å²) in [7, 11) is 0. The molecule has 3 heterocycles. The van der Waals surface area contributed by atoms with Crippen LogP contribution in [0.2, 0.25) is 5.28 Å². The van der Waals surface area contributed by atoms with E-state index in [0.29, 0.717) is 11.2 Å². The number of hydrogen-bond donors (Lipinski definition) is 3. The standard InChI is InChI=1S/C10H11ClN4O4/c11-10-12-1-4-8(14-10)15(3-13-4)9-7(18)6(17)5(2-16)19-9/h1,3,5-7,9,16-18H,2H2/t5-,6+,7+,9+/m0/s1. The van der Waals surface area contributed by atoms with Crippen LogP contribution in [0.1, 0.15) is 6.23 Å². The van der Waals surface area contributed by atoms with Crippen molar-refractivity contribution in [1.29, 1.82) is 0 Å². The van der Waals surface area contributed by atoms with Crippen LogP contribution in [0.3, 0.4) is 0 Å². The van der Waals surface area contributed by atoms with E-state index in [-0.39, 0.29) is 5.28 Å². The van der Waals surface area contributed by atoms with Crippen LogP contribution in [0.4, 0.5) is 0 Å². The SMILES string of the molecule is OC[C@@H]1O[C@@H](n2cnc3cnc(Cl)nc32)[C@H](O)[C@@H]1O. The lowest BCUT2D eigenvalue weighted by atomic mass is 10.1. The molecule has 3 rings (SSSR count). The number of aromatic nitrogens is 4. The second-order valence-corrected chi connectivity index (χ2v) is 4.57. The van der Waals surface area contributed by atoms with Gasteiger partial charge in [-0.15, -0.1) is 0 Å². The van der Waals surface area contributed by atoms with Crippen molar-refractivity contribution in [3.63, 3.8) is 0 Å². The highest BCUT2D eigenvalue weighted by atomic mass is 35.5. The first-order chi connectivity index (χ1) is 9.11. The number of hydrogen-bond acceptors (Lipinski definition) is 7. The Kier molecular flexibility index (Phi) is 3.11. The maximum Gasteiger partial charge on any atom is 0.224 e.